The fourth-order valence-electron chi connectivity index (χ4n) is 2.87. The second-order valence-electron chi connectivity index (χ2n) is 6.72. The summed E-state index contributed by atoms with van der Waals surface area (Å²) in [6.07, 6.45) is 5.96. The van der Waals surface area contributed by atoms with Crippen molar-refractivity contribution in [3.63, 3.8) is 0 Å². The van der Waals surface area contributed by atoms with Crippen molar-refractivity contribution in [1.29, 1.82) is 0 Å². The Balaban J connectivity index is 1.62. The van der Waals surface area contributed by atoms with Crippen LogP contribution in [0.4, 0.5) is 0 Å². The van der Waals surface area contributed by atoms with E-state index in [1.54, 1.807) is 0 Å². The normalized spacial score (nSPS) is 11.0. The molecule has 6 heteroatoms. The van der Waals surface area contributed by atoms with E-state index in [0.29, 0.717) is 17.8 Å². The van der Waals surface area contributed by atoms with Gasteiger partial charge in [-0.2, -0.15) is 0 Å². The Morgan fingerprint density at radius 1 is 1.10 bits per heavy atom. The molecule has 0 aliphatic carbocycles. The summed E-state index contributed by atoms with van der Waals surface area (Å²) < 4.78 is 9.52. The van der Waals surface area contributed by atoms with Gasteiger partial charge in [0.15, 0.2) is 0 Å². The molecule has 1 heterocycles. The van der Waals surface area contributed by atoms with E-state index >= 15 is 0 Å². The Bertz CT molecular complexity index is 1040. The third-order valence-corrected chi connectivity index (χ3v) is 5.26. The van der Waals surface area contributed by atoms with Crippen LogP contribution in [0.3, 0.4) is 0 Å². The van der Waals surface area contributed by atoms with Crippen molar-refractivity contribution in [2.45, 2.75) is 18.4 Å². The summed E-state index contributed by atoms with van der Waals surface area (Å²) >= 11 is 1.38. The molecule has 0 atom stereocenters. The molecule has 0 bridgehead atoms. The summed E-state index contributed by atoms with van der Waals surface area (Å²) in [5.41, 5.74) is 3.53. The van der Waals surface area contributed by atoms with E-state index in [4.69, 9.17) is 0 Å². The van der Waals surface area contributed by atoms with Crippen molar-refractivity contribution in [2.75, 3.05) is 13.7 Å². The lowest BCUT2D eigenvalue weighted by Crippen LogP contribution is -2.17. The van der Waals surface area contributed by atoms with Crippen LogP contribution in [0.1, 0.15) is 27.2 Å². The zero-order chi connectivity index (χ0) is 21.3. The monoisotopic (exact) mass is 420 g/mol. The third-order valence-electron chi connectivity index (χ3n) is 4.48. The van der Waals surface area contributed by atoms with Gasteiger partial charge in [0.2, 0.25) is 5.78 Å². The van der Waals surface area contributed by atoms with Crippen molar-refractivity contribution in [3.8, 4) is 0 Å². The first-order chi connectivity index (χ1) is 14.6. The lowest BCUT2D eigenvalue weighted by atomic mass is 10.1. The van der Waals surface area contributed by atoms with Crippen molar-refractivity contribution >= 4 is 29.8 Å². The molecule has 0 aliphatic rings. The van der Waals surface area contributed by atoms with E-state index in [1.807, 2.05) is 90.5 Å². The number of esters is 1. The minimum Gasteiger partial charge on any atom is -0.468 e. The van der Waals surface area contributed by atoms with Crippen molar-refractivity contribution < 1.29 is 14.3 Å². The first-order valence-electron chi connectivity index (χ1n) is 9.56. The Labute approximate surface area is 180 Å². The van der Waals surface area contributed by atoms with Gasteiger partial charge in [0, 0.05) is 23.2 Å². The van der Waals surface area contributed by atoms with Gasteiger partial charge < -0.3 is 9.30 Å². The van der Waals surface area contributed by atoms with E-state index in [1.165, 1.54) is 19.1 Å². The average Bonchev–Trinajstić information content (AvgIpc) is 3.22. The number of allylic oxidation sites excluding steroid dienone is 1. The molecule has 30 heavy (non-hydrogen) atoms. The highest BCUT2D eigenvalue weighted by Gasteiger charge is 2.12. The lowest BCUT2D eigenvalue weighted by Gasteiger charge is -2.07. The van der Waals surface area contributed by atoms with E-state index in [9.17, 15) is 9.59 Å². The number of ether oxygens (including phenoxy) is 1. The van der Waals surface area contributed by atoms with Crippen LogP contribution in [0, 0.1) is 6.92 Å². The molecule has 1 N–H and O–H groups in total. The number of nitrogens with zero attached hydrogens (tertiary/aromatic N) is 1. The minimum absolute atomic E-state index is 0.0171. The fourth-order valence-corrected chi connectivity index (χ4v) is 3.57. The SMILES string of the molecule is COC(=O)CNSc1cccc(/C=C/Cn2cccc2C(=O)c2ccc(C)cc2)c1. The topological polar surface area (TPSA) is 60.3 Å². The van der Waals surface area contributed by atoms with Crippen LogP contribution >= 0.6 is 11.9 Å². The third kappa shape index (κ3) is 5.95. The number of benzene rings is 2. The predicted molar refractivity (Wildman–Crippen MR) is 120 cm³/mol. The number of carbonyl (C=O) groups is 2. The lowest BCUT2D eigenvalue weighted by molar-refractivity contribution is -0.139. The molecule has 154 valence electrons. The first kappa shape index (κ1) is 21.6. The Hall–Kier alpha value is -3.09. The molecule has 0 amide bonds. The largest absolute Gasteiger partial charge is 0.468 e. The van der Waals surface area contributed by atoms with Crippen LogP contribution in [0.2, 0.25) is 0 Å². The van der Waals surface area contributed by atoms with Crippen LogP contribution in [-0.4, -0.2) is 30.0 Å². The molecule has 3 rings (SSSR count). The van der Waals surface area contributed by atoms with Crippen LogP contribution in [0.25, 0.3) is 6.08 Å². The van der Waals surface area contributed by atoms with Gasteiger partial charge in [0.25, 0.3) is 0 Å². The minimum atomic E-state index is -0.304. The molecular formula is C24H24N2O3S. The number of hydrogen-bond acceptors (Lipinski definition) is 5. The smallest absolute Gasteiger partial charge is 0.320 e. The number of methoxy groups -OCH3 is 1. The molecule has 0 saturated heterocycles. The fraction of sp³-hybridized carbons (Fsp3) is 0.167. The molecular weight excluding hydrogens is 396 g/mol. The summed E-state index contributed by atoms with van der Waals surface area (Å²) in [5.74, 6) is -0.287. The number of nitrogens with one attached hydrogen (secondary N) is 1. The molecule has 1 aromatic heterocycles. The second kappa shape index (κ2) is 10.6. The molecule has 0 radical (unpaired) electrons. The van der Waals surface area contributed by atoms with E-state index < -0.39 is 0 Å². The highest BCUT2D eigenvalue weighted by Crippen LogP contribution is 2.17. The predicted octanol–water partition coefficient (Wildman–Crippen LogP) is 4.51. The standard InChI is InChI=1S/C24H24N2O3S/c1-18-10-12-20(13-11-18)24(28)22-9-5-15-26(22)14-4-7-19-6-3-8-21(16-19)30-25-17-23(27)29-2/h3-13,15-16,25H,14,17H2,1-2H3/b7-4+. The van der Waals surface area contributed by atoms with Gasteiger partial charge in [0.05, 0.1) is 12.8 Å². The van der Waals surface area contributed by atoms with Gasteiger partial charge in [-0.1, -0.05) is 54.1 Å². The summed E-state index contributed by atoms with van der Waals surface area (Å²) in [6, 6.07) is 19.3. The van der Waals surface area contributed by atoms with Crippen LogP contribution < -0.4 is 4.72 Å². The van der Waals surface area contributed by atoms with E-state index in [-0.39, 0.29) is 18.3 Å². The summed E-state index contributed by atoms with van der Waals surface area (Å²) in [7, 11) is 1.37. The number of ketones is 1. The van der Waals surface area contributed by atoms with Gasteiger partial charge in [-0.3, -0.25) is 9.59 Å². The van der Waals surface area contributed by atoms with Gasteiger partial charge in [-0.15, -0.1) is 0 Å². The number of carbonyl (C=O) groups excluding carboxylic acids is 2. The molecule has 5 nitrogen and oxygen atoms in total. The highest BCUT2D eigenvalue weighted by molar-refractivity contribution is 7.97. The van der Waals surface area contributed by atoms with Crippen molar-refractivity contribution in [1.82, 2.24) is 9.29 Å². The summed E-state index contributed by atoms with van der Waals surface area (Å²) in [5, 5.41) is 0. The van der Waals surface area contributed by atoms with Crippen LogP contribution in [-0.2, 0) is 16.1 Å². The number of aryl methyl sites for hydroxylation is 1. The maximum atomic E-state index is 12.8. The number of rotatable bonds is 9. The van der Waals surface area contributed by atoms with Gasteiger partial charge in [-0.05, 0) is 48.7 Å². The molecule has 0 unspecified atom stereocenters. The number of aromatic nitrogens is 1. The Kier molecular flexibility index (Phi) is 7.65. The Morgan fingerprint density at radius 2 is 1.90 bits per heavy atom. The Morgan fingerprint density at radius 3 is 2.67 bits per heavy atom. The second-order valence-corrected chi connectivity index (χ2v) is 7.68. The molecule has 3 aromatic rings. The maximum Gasteiger partial charge on any atom is 0.320 e. The average molecular weight is 421 g/mol. The van der Waals surface area contributed by atoms with Crippen LogP contribution in [0.5, 0.6) is 0 Å². The molecule has 0 aliphatic heterocycles. The van der Waals surface area contributed by atoms with Crippen LogP contribution in [0.15, 0.2) is 77.8 Å². The van der Waals surface area contributed by atoms with Gasteiger partial charge in [-0.25, -0.2) is 4.72 Å². The summed E-state index contributed by atoms with van der Waals surface area (Å²) in [4.78, 5) is 25.0. The van der Waals surface area contributed by atoms with E-state index in [0.717, 1.165) is 16.0 Å². The number of hydrogen-bond donors (Lipinski definition) is 1. The maximum absolute atomic E-state index is 12.8. The van der Waals surface area contributed by atoms with Gasteiger partial charge in [0.1, 0.15) is 6.54 Å². The van der Waals surface area contributed by atoms with E-state index in [2.05, 4.69) is 9.46 Å². The molecule has 0 saturated carbocycles. The van der Waals surface area contributed by atoms with Crippen molar-refractivity contribution in [2.24, 2.45) is 0 Å². The zero-order valence-electron chi connectivity index (χ0n) is 17.0. The quantitative estimate of drug-likeness (QED) is 0.314. The zero-order valence-corrected chi connectivity index (χ0v) is 17.8. The molecule has 2 aromatic carbocycles. The first-order valence-corrected chi connectivity index (χ1v) is 10.4. The molecule has 0 fully saturated rings. The van der Waals surface area contributed by atoms with Crippen molar-refractivity contribution in [3.05, 3.63) is 95.3 Å². The highest BCUT2D eigenvalue weighted by atomic mass is 32.2. The van der Waals surface area contributed by atoms with Gasteiger partial charge >= 0.3 is 5.97 Å². The summed E-state index contributed by atoms with van der Waals surface area (Å²) in [6.45, 7) is 2.75. The molecule has 0 spiro atoms.